The van der Waals surface area contributed by atoms with Gasteiger partial charge in [0.25, 0.3) is 5.91 Å². The smallest absolute Gasteiger partial charge is 0.252 e. The summed E-state index contributed by atoms with van der Waals surface area (Å²) in [5.41, 5.74) is 1.09. The Morgan fingerprint density at radius 1 is 1.32 bits per heavy atom. The molecule has 0 bridgehead atoms. The molecule has 3 heterocycles. The zero-order chi connectivity index (χ0) is 15.1. The van der Waals surface area contributed by atoms with Crippen LogP contribution in [0.1, 0.15) is 18.5 Å². The number of fused-ring (bicyclic) bond motifs is 1. The second-order valence-electron chi connectivity index (χ2n) is 6.89. The lowest BCUT2D eigenvalue weighted by Crippen LogP contribution is -2.37. The van der Waals surface area contributed by atoms with E-state index < -0.39 is 0 Å². The van der Waals surface area contributed by atoms with Gasteiger partial charge in [-0.15, -0.1) is 0 Å². The van der Waals surface area contributed by atoms with E-state index in [1.54, 1.807) is 0 Å². The standard InChI is InChI=1S/C17H23N3O2/c1-19-15-10-20(8-13-4-2-3-7-18-13)9-14(15)16(17(19)21)22-11-12-5-6-12/h2-4,7,12,14-16H,5-6,8-11H2,1H3/t14-,15+,16-/m0/s1. The van der Waals surface area contributed by atoms with Crippen molar-refractivity contribution in [2.45, 2.75) is 31.5 Å². The van der Waals surface area contributed by atoms with Gasteiger partial charge in [0, 0.05) is 38.8 Å². The summed E-state index contributed by atoms with van der Waals surface area (Å²) in [5, 5.41) is 0. The second kappa shape index (κ2) is 5.63. The Labute approximate surface area is 131 Å². The molecular weight excluding hydrogens is 278 g/mol. The van der Waals surface area contributed by atoms with Crippen molar-refractivity contribution in [3.8, 4) is 0 Å². The lowest BCUT2D eigenvalue weighted by Gasteiger charge is -2.21. The summed E-state index contributed by atoms with van der Waals surface area (Å²) < 4.78 is 5.99. The average Bonchev–Trinajstić information content (AvgIpc) is 3.23. The maximum absolute atomic E-state index is 12.4. The van der Waals surface area contributed by atoms with Crippen LogP contribution >= 0.6 is 0 Å². The van der Waals surface area contributed by atoms with Crippen LogP contribution in [0, 0.1) is 11.8 Å². The number of likely N-dealkylation sites (N-methyl/N-ethyl adjacent to an activating group) is 1. The average molecular weight is 301 g/mol. The van der Waals surface area contributed by atoms with Crippen LogP contribution in [0.5, 0.6) is 0 Å². The molecule has 1 amide bonds. The van der Waals surface area contributed by atoms with E-state index in [1.807, 2.05) is 30.3 Å². The fourth-order valence-corrected chi connectivity index (χ4v) is 3.72. The van der Waals surface area contributed by atoms with Crippen LogP contribution in [0.3, 0.4) is 0 Å². The first-order chi connectivity index (χ1) is 10.7. The highest BCUT2D eigenvalue weighted by Gasteiger charge is 2.51. The quantitative estimate of drug-likeness (QED) is 0.818. The normalized spacial score (nSPS) is 31.8. The number of pyridine rings is 1. The molecule has 0 aromatic carbocycles. The highest BCUT2D eigenvalue weighted by Crippen LogP contribution is 2.36. The van der Waals surface area contributed by atoms with Crippen LogP contribution in [0.4, 0.5) is 0 Å². The van der Waals surface area contributed by atoms with E-state index in [2.05, 4.69) is 16.0 Å². The van der Waals surface area contributed by atoms with Crippen molar-refractivity contribution in [2.24, 2.45) is 11.8 Å². The number of nitrogens with zero attached hydrogens (tertiary/aromatic N) is 3. The SMILES string of the molecule is CN1C(=O)[C@@H](OCC2CC2)[C@H]2CN(Cc3ccccn3)C[C@H]21. The van der Waals surface area contributed by atoms with E-state index >= 15 is 0 Å². The molecule has 5 heteroatoms. The Morgan fingerprint density at radius 2 is 2.18 bits per heavy atom. The first kappa shape index (κ1) is 14.2. The van der Waals surface area contributed by atoms with E-state index in [0.717, 1.165) is 31.9 Å². The molecular formula is C17H23N3O2. The van der Waals surface area contributed by atoms with Gasteiger partial charge in [-0.3, -0.25) is 14.7 Å². The molecule has 3 atom stereocenters. The summed E-state index contributed by atoms with van der Waals surface area (Å²) in [6.45, 7) is 3.46. The minimum absolute atomic E-state index is 0.174. The topological polar surface area (TPSA) is 45.7 Å². The summed E-state index contributed by atoms with van der Waals surface area (Å²) in [6.07, 6.45) is 4.13. The first-order valence-electron chi connectivity index (χ1n) is 8.23. The molecule has 1 saturated carbocycles. The van der Waals surface area contributed by atoms with Crippen LogP contribution in [0.15, 0.2) is 24.4 Å². The zero-order valence-electron chi connectivity index (χ0n) is 13.0. The van der Waals surface area contributed by atoms with Crippen molar-refractivity contribution in [2.75, 3.05) is 26.7 Å². The Hall–Kier alpha value is -1.46. The molecule has 4 rings (SSSR count). The van der Waals surface area contributed by atoms with E-state index in [-0.39, 0.29) is 12.0 Å². The number of carbonyl (C=O) groups excluding carboxylic acids is 1. The van der Waals surface area contributed by atoms with Crippen molar-refractivity contribution >= 4 is 5.91 Å². The number of likely N-dealkylation sites (tertiary alicyclic amines) is 2. The van der Waals surface area contributed by atoms with Gasteiger partial charge >= 0.3 is 0 Å². The van der Waals surface area contributed by atoms with Gasteiger partial charge in [0.1, 0.15) is 6.10 Å². The summed E-state index contributed by atoms with van der Waals surface area (Å²) >= 11 is 0. The van der Waals surface area contributed by atoms with Gasteiger partial charge in [-0.25, -0.2) is 0 Å². The lowest BCUT2D eigenvalue weighted by molar-refractivity contribution is -0.138. The Kier molecular flexibility index (Phi) is 3.62. The van der Waals surface area contributed by atoms with Crippen molar-refractivity contribution < 1.29 is 9.53 Å². The summed E-state index contributed by atoms with van der Waals surface area (Å²) in [4.78, 5) is 21.1. The highest BCUT2D eigenvalue weighted by molar-refractivity contribution is 5.84. The molecule has 1 aliphatic carbocycles. The summed E-state index contributed by atoms with van der Waals surface area (Å²) in [7, 11) is 1.92. The number of ether oxygens (including phenoxy) is 1. The van der Waals surface area contributed by atoms with E-state index in [9.17, 15) is 4.79 Å². The molecule has 0 N–H and O–H groups in total. The fourth-order valence-electron chi connectivity index (χ4n) is 3.72. The third-order valence-corrected chi connectivity index (χ3v) is 5.21. The Bertz CT molecular complexity index is 546. The minimum Gasteiger partial charge on any atom is -0.368 e. The van der Waals surface area contributed by atoms with Gasteiger partial charge in [0.05, 0.1) is 18.3 Å². The number of rotatable bonds is 5. The van der Waals surface area contributed by atoms with E-state index in [4.69, 9.17) is 4.74 Å². The predicted molar refractivity (Wildman–Crippen MR) is 82.0 cm³/mol. The molecule has 0 spiro atoms. The van der Waals surface area contributed by atoms with E-state index in [0.29, 0.717) is 17.9 Å². The zero-order valence-corrected chi connectivity index (χ0v) is 13.0. The molecule has 5 nitrogen and oxygen atoms in total. The lowest BCUT2D eigenvalue weighted by atomic mass is 10.0. The van der Waals surface area contributed by atoms with Crippen molar-refractivity contribution in [3.63, 3.8) is 0 Å². The van der Waals surface area contributed by atoms with E-state index in [1.165, 1.54) is 12.8 Å². The molecule has 3 aliphatic rings. The fraction of sp³-hybridized carbons (Fsp3) is 0.647. The molecule has 0 radical (unpaired) electrons. The molecule has 1 aromatic heterocycles. The van der Waals surface area contributed by atoms with Gasteiger partial charge in [0.15, 0.2) is 0 Å². The van der Waals surface area contributed by atoms with Crippen molar-refractivity contribution in [3.05, 3.63) is 30.1 Å². The summed E-state index contributed by atoms with van der Waals surface area (Å²) in [5.74, 6) is 1.18. The van der Waals surface area contributed by atoms with Crippen LogP contribution in [0.2, 0.25) is 0 Å². The van der Waals surface area contributed by atoms with Crippen LogP contribution < -0.4 is 0 Å². The Morgan fingerprint density at radius 3 is 2.91 bits per heavy atom. The number of aromatic nitrogens is 1. The maximum Gasteiger partial charge on any atom is 0.252 e. The number of hydrogen-bond donors (Lipinski definition) is 0. The molecule has 2 aliphatic heterocycles. The first-order valence-corrected chi connectivity index (χ1v) is 8.23. The third-order valence-electron chi connectivity index (χ3n) is 5.21. The van der Waals surface area contributed by atoms with Gasteiger partial charge in [0.2, 0.25) is 0 Å². The highest BCUT2D eigenvalue weighted by atomic mass is 16.5. The summed E-state index contributed by atoms with van der Waals surface area (Å²) in [6, 6.07) is 6.32. The number of carbonyl (C=O) groups is 1. The molecule has 22 heavy (non-hydrogen) atoms. The second-order valence-corrected chi connectivity index (χ2v) is 6.89. The van der Waals surface area contributed by atoms with Gasteiger partial charge in [-0.05, 0) is 30.9 Å². The monoisotopic (exact) mass is 301 g/mol. The van der Waals surface area contributed by atoms with Gasteiger partial charge in [-0.1, -0.05) is 6.07 Å². The van der Waals surface area contributed by atoms with Crippen molar-refractivity contribution in [1.29, 1.82) is 0 Å². The molecule has 3 fully saturated rings. The number of hydrogen-bond acceptors (Lipinski definition) is 4. The van der Waals surface area contributed by atoms with Crippen LogP contribution in [-0.2, 0) is 16.1 Å². The number of amides is 1. The molecule has 1 aromatic rings. The largest absolute Gasteiger partial charge is 0.368 e. The maximum atomic E-state index is 12.4. The molecule has 2 saturated heterocycles. The van der Waals surface area contributed by atoms with Gasteiger partial charge in [-0.2, -0.15) is 0 Å². The molecule has 0 unspecified atom stereocenters. The third kappa shape index (κ3) is 2.63. The van der Waals surface area contributed by atoms with Crippen LogP contribution in [-0.4, -0.2) is 59.6 Å². The molecule has 118 valence electrons. The van der Waals surface area contributed by atoms with Crippen molar-refractivity contribution in [1.82, 2.24) is 14.8 Å². The van der Waals surface area contributed by atoms with Crippen LogP contribution in [0.25, 0.3) is 0 Å². The predicted octanol–water partition coefficient (Wildman–Crippen LogP) is 1.15. The Balaban J connectivity index is 1.41. The van der Waals surface area contributed by atoms with Gasteiger partial charge < -0.3 is 9.64 Å². The minimum atomic E-state index is -0.232.